The fourth-order valence-corrected chi connectivity index (χ4v) is 3.31. The van der Waals surface area contributed by atoms with Crippen LogP contribution in [0.3, 0.4) is 0 Å². The summed E-state index contributed by atoms with van der Waals surface area (Å²) in [5, 5.41) is 11.7. The van der Waals surface area contributed by atoms with Crippen molar-refractivity contribution in [3.8, 4) is 11.5 Å². The molecule has 2 rings (SSSR count). The molecule has 0 bridgehead atoms. The monoisotopic (exact) mass is 457 g/mol. The van der Waals surface area contributed by atoms with Gasteiger partial charge in [-0.2, -0.15) is 0 Å². The van der Waals surface area contributed by atoms with Gasteiger partial charge in [0.1, 0.15) is 11.5 Å². The molecule has 2 aromatic carbocycles. The quantitative estimate of drug-likeness (QED) is 0.684. The lowest BCUT2D eigenvalue weighted by Crippen LogP contribution is -2.20. The van der Waals surface area contributed by atoms with E-state index in [4.69, 9.17) is 14.6 Å². The number of ether oxygens (including phenoxy) is 2. The van der Waals surface area contributed by atoms with Crippen molar-refractivity contribution in [2.45, 2.75) is 0 Å². The Morgan fingerprint density at radius 3 is 2.38 bits per heavy atom. The zero-order valence-electron chi connectivity index (χ0n) is 12.5. The van der Waals surface area contributed by atoms with Crippen molar-refractivity contribution in [1.29, 1.82) is 0 Å². The van der Waals surface area contributed by atoms with Crippen molar-refractivity contribution >= 4 is 49.4 Å². The second-order valence-corrected chi connectivity index (χ2v) is 6.32. The van der Waals surface area contributed by atoms with E-state index in [0.717, 1.165) is 0 Å². The first kappa shape index (κ1) is 18.3. The lowest BCUT2D eigenvalue weighted by molar-refractivity contribution is -0.118. The number of benzene rings is 2. The number of amides is 1. The minimum Gasteiger partial charge on any atom is -0.495 e. The van der Waals surface area contributed by atoms with E-state index in [1.807, 2.05) is 0 Å². The van der Waals surface area contributed by atoms with Gasteiger partial charge in [-0.25, -0.2) is 4.79 Å². The number of nitrogens with one attached hydrogen (secondary N) is 1. The zero-order chi connectivity index (χ0) is 17.7. The Morgan fingerprint density at radius 1 is 1.17 bits per heavy atom. The number of carbonyl (C=O) groups excluding carboxylic acids is 1. The van der Waals surface area contributed by atoms with Crippen molar-refractivity contribution in [2.75, 3.05) is 19.0 Å². The third-order valence-corrected chi connectivity index (χ3v) is 4.15. The molecule has 1 amide bonds. The number of carbonyl (C=O) groups is 2. The van der Waals surface area contributed by atoms with Gasteiger partial charge in [0.15, 0.2) is 6.61 Å². The van der Waals surface area contributed by atoms with E-state index >= 15 is 0 Å². The van der Waals surface area contributed by atoms with Crippen LogP contribution >= 0.6 is 31.9 Å². The Kier molecular flexibility index (Phi) is 6.22. The van der Waals surface area contributed by atoms with Crippen molar-refractivity contribution in [1.82, 2.24) is 0 Å². The fourth-order valence-electron chi connectivity index (χ4n) is 1.89. The van der Waals surface area contributed by atoms with Gasteiger partial charge >= 0.3 is 5.97 Å². The van der Waals surface area contributed by atoms with Gasteiger partial charge in [0.05, 0.1) is 27.3 Å². The van der Waals surface area contributed by atoms with Crippen molar-refractivity contribution in [3.63, 3.8) is 0 Å². The molecule has 0 radical (unpaired) electrons. The fraction of sp³-hybridized carbons (Fsp3) is 0.125. The van der Waals surface area contributed by atoms with Gasteiger partial charge in [-0.3, -0.25) is 4.79 Å². The average molecular weight is 459 g/mol. The molecule has 0 aromatic heterocycles. The number of hydrogen-bond acceptors (Lipinski definition) is 4. The van der Waals surface area contributed by atoms with Gasteiger partial charge in [-0.1, -0.05) is 12.1 Å². The number of carboxylic acid groups (broad SMARTS) is 1. The average Bonchev–Trinajstić information content (AvgIpc) is 2.54. The van der Waals surface area contributed by atoms with E-state index in [-0.39, 0.29) is 18.1 Å². The number of carboxylic acids is 1. The molecule has 126 valence electrons. The molecule has 0 spiro atoms. The van der Waals surface area contributed by atoms with E-state index in [2.05, 4.69) is 37.2 Å². The standard InChI is InChI=1S/C16H13Br2NO5/c1-23-13-5-3-2-4-12(13)19-14(20)8-24-15-10(17)6-9(16(21)22)7-11(15)18/h2-7H,8H2,1H3,(H,19,20)(H,21,22). The second-order valence-electron chi connectivity index (χ2n) is 4.61. The topological polar surface area (TPSA) is 84.9 Å². The highest BCUT2D eigenvalue weighted by atomic mass is 79.9. The van der Waals surface area contributed by atoms with Crippen molar-refractivity contribution in [3.05, 3.63) is 50.9 Å². The molecule has 0 atom stereocenters. The molecule has 6 nitrogen and oxygen atoms in total. The van der Waals surface area contributed by atoms with Gasteiger partial charge in [0, 0.05) is 0 Å². The summed E-state index contributed by atoms with van der Waals surface area (Å²) in [6.45, 7) is -0.248. The van der Waals surface area contributed by atoms with Gasteiger partial charge in [-0.15, -0.1) is 0 Å². The predicted molar refractivity (Wildman–Crippen MR) is 95.9 cm³/mol. The Balaban J connectivity index is 2.05. The highest BCUT2D eigenvalue weighted by Gasteiger charge is 2.14. The summed E-state index contributed by atoms with van der Waals surface area (Å²) in [7, 11) is 1.51. The summed E-state index contributed by atoms with van der Waals surface area (Å²) in [6.07, 6.45) is 0. The maximum absolute atomic E-state index is 12.0. The molecule has 8 heteroatoms. The Bertz CT molecular complexity index is 756. The minimum atomic E-state index is -1.06. The van der Waals surface area contributed by atoms with Crippen LogP contribution in [0.4, 0.5) is 5.69 Å². The molecule has 0 heterocycles. The second kappa shape index (κ2) is 8.16. The molecule has 0 aliphatic carbocycles. The van der Waals surface area contributed by atoms with Crippen LogP contribution in [-0.4, -0.2) is 30.7 Å². The molecule has 2 aromatic rings. The third kappa shape index (κ3) is 4.48. The van der Waals surface area contributed by atoms with Crippen molar-refractivity contribution in [2.24, 2.45) is 0 Å². The molecular weight excluding hydrogens is 446 g/mol. The van der Waals surface area contributed by atoms with E-state index in [1.165, 1.54) is 19.2 Å². The number of hydrogen-bond donors (Lipinski definition) is 2. The van der Waals surface area contributed by atoms with Crippen LogP contribution < -0.4 is 14.8 Å². The number of halogens is 2. The summed E-state index contributed by atoms with van der Waals surface area (Å²) in [5.41, 5.74) is 0.632. The van der Waals surface area contributed by atoms with Crippen molar-refractivity contribution < 1.29 is 24.2 Å². The normalized spacial score (nSPS) is 10.1. The number of methoxy groups -OCH3 is 1. The maximum atomic E-state index is 12.0. The Labute approximate surface area is 155 Å². The molecule has 0 aliphatic rings. The molecular formula is C16H13Br2NO5. The highest BCUT2D eigenvalue weighted by molar-refractivity contribution is 9.11. The van der Waals surface area contributed by atoms with Crippen LogP contribution in [0.15, 0.2) is 45.3 Å². The maximum Gasteiger partial charge on any atom is 0.335 e. The van der Waals surface area contributed by atoms with Crippen LogP contribution in [-0.2, 0) is 4.79 Å². The van der Waals surface area contributed by atoms with Crippen LogP contribution in [0, 0.1) is 0 Å². The molecule has 0 saturated carbocycles. The van der Waals surface area contributed by atoms with E-state index in [9.17, 15) is 9.59 Å². The molecule has 0 aliphatic heterocycles. The first-order valence-corrected chi connectivity index (χ1v) is 8.29. The largest absolute Gasteiger partial charge is 0.495 e. The Morgan fingerprint density at radius 2 is 1.79 bits per heavy atom. The first-order chi connectivity index (χ1) is 11.4. The molecule has 2 N–H and O–H groups in total. The number of anilines is 1. The van der Waals surface area contributed by atoms with Crippen LogP contribution in [0.5, 0.6) is 11.5 Å². The third-order valence-electron chi connectivity index (χ3n) is 2.97. The van der Waals surface area contributed by atoms with Gasteiger partial charge in [0.2, 0.25) is 0 Å². The van der Waals surface area contributed by atoms with E-state index in [1.54, 1.807) is 24.3 Å². The molecule has 0 unspecified atom stereocenters. The van der Waals surface area contributed by atoms with E-state index < -0.39 is 5.97 Å². The van der Waals surface area contributed by atoms with Gasteiger partial charge in [-0.05, 0) is 56.1 Å². The number of para-hydroxylation sites is 2. The Hall–Kier alpha value is -2.06. The van der Waals surface area contributed by atoms with Gasteiger partial charge < -0.3 is 19.9 Å². The lowest BCUT2D eigenvalue weighted by atomic mass is 10.2. The van der Waals surface area contributed by atoms with Crippen LogP contribution in [0.1, 0.15) is 10.4 Å². The number of rotatable bonds is 6. The zero-order valence-corrected chi connectivity index (χ0v) is 15.7. The van der Waals surface area contributed by atoms with Crippen LogP contribution in [0.25, 0.3) is 0 Å². The summed E-state index contributed by atoms with van der Waals surface area (Å²) in [6, 6.07) is 9.82. The first-order valence-electron chi connectivity index (χ1n) is 6.70. The minimum absolute atomic E-state index is 0.0968. The summed E-state index contributed by atoms with van der Waals surface area (Å²) in [5.74, 6) is -0.549. The SMILES string of the molecule is COc1ccccc1NC(=O)COc1c(Br)cc(C(=O)O)cc1Br. The summed E-state index contributed by atoms with van der Waals surface area (Å²) in [4.78, 5) is 23.0. The summed E-state index contributed by atoms with van der Waals surface area (Å²) >= 11 is 6.47. The smallest absolute Gasteiger partial charge is 0.335 e. The molecule has 24 heavy (non-hydrogen) atoms. The predicted octanol–water partition coefficient (Wildman–Crippen LogP) is 3.94. The highest BCUT2D eigenvalue weighted by Crippen LogP contribution is 2.35. The van der Waals surface area contributed by atoms with Gasteiger partial charge in [0.25, 0.3) is 5.91 Å². The van der Waals surface area contributed by atoms with E-state index in [0.29, 0.717) is 26.1 Å². The lowest BCUT2D eigenvalue weighted by Gasteiger charge is -2.12. The molecule has 0 saturated heterocycles. The summed E-state index contributed by atoms with van der Waals surface area (Å²) < 4.78 is 11.5. The number of aromatic carboxylic acids is 1. The molecule has 0 fully saturated rings. The van der Waals surface area contributed by atoms with Crippen LogP contribution in [0.2, 0.25) is 0 Å².